The Morgan fingerprint density at radius 1 is 0.732 bits per heavy atom. The van der Waals surface area contributed by atoms with Crippen LogP contribution in [-0.4, -0.2) is 23.1 Å². The van der Waals surface area contributed by atoms with Crippen molar-refractivity contribution in [3.05, 3.63) is 101 Å². The van der Waals surface area contributed by atoms with Gasteiger partial charge in [0.05, 0.1) is 23.8 Å². The fourth-order valence-electron chi connectivity index (χ4n) is 4.35. The van der Waals surface area contributed by atoms with Gasteiger partial charge in [0.15, 0.2) is 0 Å². The van der Waals surface area contributed by atoms with E-state index in [4.69, 9.17) is 0 Å². The van der Waals surface area contributed by atoms with Gasteiger partial charge in [0.25, 0.3) is 0 Å². The van der Waals surface area contributed by atoms with E-state index in [1.54, 1.807) is 24.3 Å². The van der Waals surface area contributed by atoms with Gasteiger partial charge in [0.2, 0.25) is 0 Å². The maximum atomic E-state index is 13.6. The number of ether oxygens (including phenoxy) is 1. The molecule has 0 aliphatic heterocycles. The molecule has 0 saturated carbocycles. The molecule has 0 bridgehead atoms. The van der Waals surface area contributed by atoms with E-state index < -0.39 is 60.0 Å². The number of alkyl halides is 9. The number of aromatic nitrogens is 1. The average Bonchev–Trinajstić information content (AvgIpc) is 2.90. The van der Waals surface area contributed by atoms with Crippen molar-refractivity contribution in [2.45, 2.75) is 31.6 Å². The molecule has 0 radical (unpaired) electrons. The zero-order chi connectivity index (χ0) is 30.2. The zero-order valence-corrected chi connectivity index (χ0v) is 21.0. The summed E-state index contributed by atoms with van der Waals surface area (Å²) in [6.45, 7) is -1.48. The lowest BCUT2D eigenvalue weighted by Gasteiger charge is -2.25. The summed E-state index contributed by atoms with van der Waals surface area (Å²) in [6.07, 6.45) is -13.3. The van der Waals surface area contributed by atoms with E-state index in [0.717, 1.165) is 19.2 Å². The van der Waals surface area contributed by atoms with Crippen molar-refractivity contribution in [2.24, 2.45) is 0 Å². The molecule has 41 heavy (non-hydrogen) atoms. The highest BCUT2D eigenvalue weighted by molar-refractivity contribution is 5.96. The van der Waals surface area contributed by atoms with Gasteiger partial charge < -0.3 is 4.74 Å². The van der Waals surface area contributed by atoms with E-state index in [-0.39, 0.29) is 17.2 Å². The zero-order valence-electron chi connectivity index (χ0n) is 21.0. The third-order valence-electron chi connectivity index (χ3n) is 6.21. The maximum Gasteiger partial charge on any atom is 0.416 e. The number of hydrogen-bond donors (Lipinski definition) is 0. The summed E-state index contributed by atoms with van der Waals surface area (Å²) in [5.74, 6) is 0. The Hall–Kier alpha value is -4.29. The number of amides is 1. The van der Waals surface area contributed by atoms with Crippen molar-refractivity contribution >= 4 is 16.9 Å². The second kappa shape index (κ2) is 10.9. The number of carbonyl (C=O) groups is 1. The van der Waals surface area contributed by atoms with Crippen LogP contribution in [-0.2, 0) is 36.4 Å². The third kappa shape index (κ3) is 6.72. The Kier molecular flexibility index (Phi) is 7.92. The highest BCUT2D eigenvalue weighted by Gasteiger charge is 2.37. The Morgan fingerprint density at radius 3 is 1.93 bits per heavy atom. The number of pyridine rings is 1. The fraction of sp³-hybridized carbons (Fsp3) is 0.214. The van der Waals surface area contributed by atoms with Crippen molar-refractivity contribution in [3.8, 4) is 11.1 Å². The summed E-state index contributed by atoms with van der Waals surface area (Å²) < 4.78 is 126. The van der Waals surface area contributed by atoms with Gasteiger partial charge in [0, 0.05) is 36.4 Å². The van der Waals surface area contributed by atoms with E-state index in [1.165, 1.54) is 18.5 Å². The summed E-state index contributed by atoms with van der Waals surface area (Å²) in [7, 11) is 0.921. The maximum absolute atomic E-state index is 13.6. The summed E-state index contributed by atoms with van der Waals surface area (Å²) >= 11 is 0. The van der Waals surface area contributed by atoms with Crippen LogP contribution in [0.4, 0.5) is 44.3 Å². The molecule has 0 aliphatic rings. The molecule has 1 heterocycles. The number of halogens is 9. The average molecular weight is 586 g/mol. The van der Waals surface area contributed by atoms with Crippen molar-refractivity contribution < 1.29 is 49.0 Å². The molecule has 0 saturated heterocycles. The first kappa shape index (κ1) is 29.7. The minimum atomic E-state index is -5.14. The van der Waals surface area contributed by atoms with Crippen LogP contribution in [0, 0.1) is 0 Å². The van der Waals surface area contributed by atoms with Gasteiger partial charge in [-0.2, -0.15) is 39.5 Å². The number of rotatable bonds is 5. The minimum absolute atomic E-state index is 0.0651. The van der Waals surface area contributed by atoms with Crippen molar-refractivity contribution in [2.75, 3.05) is 7.11 Å². The Bertz CT molecular complexity index is 1540. The molecule has 216 valence electrons. The molecular formula is C28H19F9N2O2. The van der Waals surface area contributed by atoms with E-state index >= 15 is 0 Å². The molecule has 1 aromatic heterocycles. The summed E-state index contributed by atoms with van der Waals surface area (Å²) in [4.78, 5) is 17.5. The molecule has 0 unspecified atom stereocenters. The monoisotopic (exact) mass is 586 g/mol. The number of benzene rings is 3. The molecule has 0 aliphatic carbocycles. The molecule has 0 atom stereocenters. The SMILES string of the molecule is COC(=O)N(Cc1cc(C(F)(F)F)cc(C(F)(F)F)c1)Cc1cc(C(F)(F)F)ccc1-c1cncc2ccccc12. The van der Waals surface area contributed by atoms with E-state index in [0.29, 0.717) is 33.4 Å². The molecule has 4 aromatic rings. The van der Waals surface area contributed by atoms with Crippen LogP contribution in [0.3, 0.4) is 0 Å². The Balaban J connectivity index is 1.84. The molecule has 0 spiro atoms. The molecule has 0 N–H and O–H groups in total. The standard InChI is InChI=1S/C28H19F9N2O2/c1-41-25(40)39(14-16-8-20(27(32,33)34)11-21(9-16)28(35,36)37)15-18-10-19(26(29,30)31)6-7-23(18)24-13-38-12-17-4-2-3-5-22(17)24/h2-13H,14-15H2,1H3. The smallest absolute Gasteiger partial charge is 0.416 e. The van der Waals surface area contributed by atoms with Crippen LogP contribution in [0.2, 0.25) is 0 Å². The van der Waals surface area contributed by atoms with Gasteiger partial charge >= 0.3 is 24.6 Å². The normalized spacial score (nSPS) is 12.4. The molecule has 3 aromatic carbocycles. The predicted molar refractivity (Wildman–Crippen MR) is 130 cm³/mol. The van der Waals surface area contributed by atoms with Crippen LogP contribution < -0.4 is 0 Å². The fourth-order valence-corrected chi connectivity index (χ4v) is 4.35. The minimum Gasteiger partial charge on any atom is -0.453 e. The van der Waals surface area contributed by atoms with E-state index in [2.05, 4.69) is 9.72 Å². The molecular weight excluding hydrogens is 567 g/mol. The number of carbonyl (C=O) groups excluding carboxylic acids is 1. The summed E-state index contributed by atoms with van der Waals surface area (Å²) in [5.41, 5.74) is -4.31. The number of fused-ring (bicyclic) bond motifs is 1. The largest absolute Gasteiger partial charge is 0.453 e. The topological polar surface area (TPSA) is 42.4 Å². The van der Waals surface area contributed by atoms with Crippen LogP contribution in [0.15, 0.2) is 73.1 Å². The lowest BCUT2D eigenvalue weighted by atomic mass is 9.94. The highest BCUT2D eigenvalue weighted by atomic mass is 19.4. The van der Waals surface area contributed by atoms with Gasteiger partial charge in [-0.3, -0.25) is 9.88 Å². The first-order chi connectivity index (χ1) is 19.1. The summed E-state index contributed by atoms with van der Waals surface area (Å²) in [5, 5.41) is 1.27. The first-order valence-electron chi connectivity index (χ1n) is 11.7. The quantitative estimate of drug-likeness (QED) is 0.220. The number of hydrogen-bond acceptors (Lipinski definition) is 3. The molecule has 4 nitrogen and oxygen atoms in total. The van der Waals surface area contributed by atoms with Crippen LogP contribution in [0.25, 0.3) is 21.9 Å². The van der Waals surface area contributed by atoms with Crippen LogP contribution in [0.5, 0.6) is 0 Å². The highest BCUT2D eigenvalue weighted by Crippen LogP contribution is 2.38. The predicted octanol–water partition coefficient (Wildman–Crippen LogP) is 8.73. The van der Waals surface area contributed by atoms with Crippen molar-refractivity contribution in [1.29, 1.82) is 0 Å². The molecule has 13 heteroatoms. The lowest BCUT2D eigenvalue weighted by molar-refractivity contribution is -0.143. The second-order valence-electron chi connectivity index (χ2n) is 9.02. The number of nitrogens with zero attached hydrogens (tertiary/aromatic N) is 2. The molecule has 4 rings (SSSR count). The molecule has 0 fully saturated rings. The molecule has 1 amide bonds. The number of methoxy groups -OCH3 is 1. The van der Waals surface area contributed by atoms with Crippen molar-refractivity contribution in [1.82, 2.24) is 9.88 Å². The second-order valence-corrected chi connectivity index (χ2v) is 9.02. The van der Waals surface area contributed by atoms with Gasteiger partial charge in [0.1, 0.15) is 0 Å². The van der Waals surface area contributed by atoms with Gasteiger partial charge in [-0.15, -0.1) is 0 Å². The third-order valence-corrected chi connectivity index (χ3v) is 6.21. The summed E-state index contributed by atoms with van der Waals surface area (Å²) in [6, 6.07) is 10.4. The van der Waals surface area contributed by atoms with Crippen LogP contribution in [0.1, 0.15) is 27.8 Å². The first-order valence-corrected chi connectivity index (χ1v) is 11.7. The Labute approximate surface area is 227 Å². The Morgan fingerprint density at radius 2 is 1.34 bits per heavy atom. The van der Waals surface area contributed by atoms with Crippen molar-refractivity contribution in [3.63, 3.8) is 0 Å². The van der Waals surface area contributed by atoms with E-state index in [9.17, 15) is 44.3 Å². The van der Waals surface area contributed by atoms with E-state index in [1.807, 2.05) is 0 Å². The lowest BCUT2D eigenvalue weighted by Crippen LogP contribution is -2.30. The van der Waals surface area contributed by atoms with Gasteiger partial charge in [-0.25, -0.2) is 4.79 Å². The van der Waals surface area contributed by atoms with Gasteiger partial charge in [-0.05, 0) is 52.4 Å². The van der Waals surface area contributed by atoms with Gasteiger partial charge in [-0.1, -0.05) is 30.3 Å². The van der Waals surface area contributed by atoms with Crippen LogP contribution >= 0.6 is 0 Å².